The number of esters is 1. The predicted octanol–water partition coefficient (Wildman–Crippen LogP) is 1.28. The Morgan fingerprint density at radius 3 is 2.55 bits per heavy atom. The minimum absolute atomic E-state index is 0.299. The first-order valence-electron chi connectivity index (χ1n) is 3.54. The Morgan fingerprint density at radius 1 is 1.55 bits per heavy atom. The highest BCUT2D eigenvalue weighted by Crippen LogP contribution is 2.13. The SMILES string of the molecule is C[Si](C)(C)OC1C=COC1=O. The summed E-state index contributed by atoms with van der Waals surface area (Å²) in [6.07, 6.45) is 2.56. The number of carbonyl (C=O) groups excluding carboxylic acids is 1. The van der Waals surface area contributed by atoms with Gasteiger partial charge in [0.15, 0.2) is 14.4 Å². The number of hydrogen-bond donors (Lipinski definition) is 0. The van der Waals surface area contributed by atoms with E-state index in [4.69, 9.17) is 4.43 Å². The molecule has 1 atom stereocenters. The molecule has 0 amide bonds. The summed E-state index contributed by atoms with van der Waals surface area (Å²) >= 11 is 0. The Balaban J connectivity index is 2.50. The normalized spacial score (nSPS) is 23.9. The van der Waals surface area contributed by atoms with Crippen molar-refractivity contribution in [2.24, 2.45) is 0 Å². The molecule has 0 aliphatic carbocycles. The van der Waals surface area contributed by atoms with Crippen molar-refractivity contribution in [3.8, 4) is 0 Å². The highest BCUT2D eigenvalue weighted by atomic mass is 28.4. The molecule has 0 saturated carbocycles. The van der Waals surface area contributed by atoms with Crippen LogP contribution < -0.4 is 0 Å². The van der Waals surface area contributed by atoms with Crippen molar-refractivity contribution in [3.05, 3.63) is 12.3 Å². The van der Waals surface area contributed by atoms with Gasteiger partial charge in [-0.05, 0) is 25.7 Å². The zero-order valence-electron chi connectivity index (χ0n) is 6.96. The number of ether oxygens (including phenoxy) is 1. The smallest absolute Gasteiger partial charge is 0.343 e. The molecule has 62 valence electrons. The lowest BCUT2D eigenvalue weighted by Crippen LogP contribution is -2.34. The molecule has 0 saturated heterocycles. The predicted molar refractivity (Wildman–Crippen MR) is 43.5 cm³/mol. The van der Waals surface area contributed by atoms with Crippen LogP contribution in [0.1, 0.15) is 0 Å². The van der Waals surface area contributed by atoms with Crippen molar-refractivity contribution in [2.75, 3.05) is 0 Å². The highest BCUT2D eigenvalue weighted by molar-refractivity contribution is 6.69. The van der Waals surface area contributed by atoms with E-state index >= 15 is 0 Å². The minimum atomic E-state index is -1.62. The van der Waals surface area contributed by atoms with Gasteiger partial charge < -0.3 is 9.16 Å². The van der Waals surface area contributed by atoms with Crippen molar-refractivity contribution < 1.29 is 14.0 Å². The van der Waals surface area contributed by atoms with E-state index in [-0.39, 0.29) is 5.97 Å². The minimum Gasteiger partial charge on any atom is -0.433 e. The van der Waals surface area contributed by atoms with Crippen LogP contribution in [0.5, 0.6) is 0 Å². The summed E-state index contributed by atoms with van der Waals surface area (Å²) in [4.78, 5) is 10.9. The molecule has 0 N–H and O–H groups in total. The van der Waals surface area contributed by atoms with Gasteiger partial charge in [-0.1, -0.05) is 0 Å². The quantitative estimate of drug-likeness (QED) is 0.465. The molecule has 0 radical (unpaired) electrons. The van der Waals surface area contributed by atoms with E-state index in [1.54, 1.807) is 6.08 Å². The maximum Gasteiger partial charge on any atom is 0.343 e. The van der Waals surface area contributed by atoms with Gasteiger partial charge in [0.25, 0.3) is 0 Å². The van der Waals surface area contributed by atoms with Crippen LogP contribution >= 0.6 is 0 Å². The lowest BCUT2D eigenvalue weighted by Gasteiger charge is -2.19. The molecule has 0 fully saturated rings. The molecule has 1 aliphatic rings. The van der Waals surface area contributed by atoms with Crippen LogP contribution in [0.15, 0.2) is 12.3 Å². The van der Waals surface area contributed by atoms with Gasteiger partial charge >= 0.3 is 5.97 Å². The molecule has 4 heteroatoms. The average molecular weight is 172 g/mol. The van der Waals surface area contributed by atoms with Crippen LogP contribution in [-0.2, 0) is 14.0 Å². The Morgan fingerprint density at radius 2 is 2.18 bits per heavy atom. The molecule has 1 unspecified atom stereocenters. The first-order valence-corrected chi connectivity index (χ1v) is 6.95. The van der Waals surface area contributed by atoms with E-state index in [9.17, 15) is 4.79 Å². The third-order valence-corrected chi connectivity index (χ3v) is 2.11. The van der Waals surface area contributed by atoms with E-state index in [1.165, 1.54) is 6.26 Å². The van der Waals surface area contributed by atoms with Crippen molar-refractivity contribution in [1.29, 1.82) is 0 Å². The Labute approximate surface area is 67.1 Å². The van der Waals surface area contributed by atoms with E-state index in [1.807, 2.05) is 19.6 Å². The summed E-state index contributed by atoms with van der Waals surface area (Å²) in [6.45, 7) is 6.10. The number of hydrogen-bond acceptors (Lipinski definition) is 3. The van der Waals surface area contributed by atoms with Crippen LogP contribution in [0.2, 0.25) is 19.6 Å². The molecule has 1 heterocycles. The standard InChI is InChI=1S/C7H12O3Si/c1-11(2,3)10-6-4-5-9-7(6)8/h4-6H,1-3H3. The monoisotopic (exact) mass is 172 g/mol. The fourth-order valence-electron chi connectivity index (χ4n) is 0.792. The third-order valence-electron chi connectivity index (χ3n) is 1.15. The number of carbonyl (C=O) groups is 1. The maximum absolute atomic E-state index is 10.9. The summed E-state index contributed by atoms with van der Waals surface area (Å²) in [5, 5.41) is 0. The van der Waals surface area contributed by atoms with Crippen LogP contribution in [0.4, 0.5) is 0 Å². The topological polar surface area (TPSA) is 35.5 Å². The molecular weight excluding hydrogens is 160 g/mol. The van der Waals surface area contributed by atoms with E-state index < -0.39 is 14.4 Å². The van der Waals surface area contributed by atoms with Crippen LogP contribution in [0.3, 0.4) is 0 Å². The third kappa shape index (κ3) is 2.47. The van der Waals surface area contributed by atoms with Crippen LogP contribution in [0, 0.1) is 0 Å². The summed E-state index contributed by atoms with van der Waals surface area (Å²) in [6, 6.07) is 0. The summed E-state index contributed by atoms with van der Waals surface area (Å²) < 4.78 is 10.1. The van der Waals surface area contributed by atoms with E-state index in [0.717, 1.165) is 0 Å². The van der Waals surface area contributed by atoms with Gasteiger partial charge in [0, 0.05) is 0 Å². The first-order chi connectivity index (χ1) is 4.99. The fourth-order valence-corrected chi connectivity index (χ4v) is 1.73. The first kappa shape index (κ1) is 8.48. The Bertz CT molecular complexity index is 192. The molecule has 0 aromatic heterocycles. The zero-order valence-corrected chi connectivity index (χ0v) is 7.96. The Hall–Kier alpha value is -0.613. The molecule has 0 aromatic rings. The molecule has 1 rings (SSSR count). The van der Waals surface area contributed by atoms with Crippen molar-refractivity contribution in [2.45, 2.75) is 25.7 Å². The van der Waals surface area contributed by atoms with Gasteiger partial charge in [0.1, 0.15) is 0 Å². The van der Waals surface area contributed by atoms with Gasteiger partial charge in [0.05, 0.1) is 6.26 Å². The number of cyclic esters (lactones) is 1. The van der Waals surface area contributed by atoms with Crippen molar-refractivity contribution in [1.82, 2.24) is 0 Å². The lowest BCUT2D eigenvalue weighted by molar-refractivity contribution is -0.141. The summed E-state index contributed by atoms with van der Waals surface area (Å²) in [5.41, 5.74) is 0. The van der Waals surface area contributed by atoms with Crippen molar-refractivity contribution >= 4 is 14.3 Å². The second kappa shape index (κ2) is 2.79. The molecule has 1 aliphatic heterocycles. The molecule has 11 heavy (non-hydrogen) atoms. The maximum atomic E-state index is 10.9. The van der Waals surface area contributed by atoms with E-state index in [0.29, 0.717) is 0 Å². The number of rotatable bonds is 2. The van der Waals surface area contributed by atoms with Gasteiger partial charge in [-0.15, -0.1) is 0 Å². The molecular formula is C7H12O3Si. The molecule has 0 spiro atoms. The Kier molecular flexibility index (Phi) is 2.15. The van der Waals surface area contributed by atoms with Gasteiger partial charge in [0.2, 0.25) is 0 Å². The zero-order chi connectivity index (χ0) is 8.48. The molecule has 0 aromatic carbocycles. The van der Waals surface area contributed by atoms with Gasteiger partial charge in [-0.25, -0.2) is 4.79 Å². The van der Waals surface area contributed by atoms with Crippen molar-refractivity contribution in [3.63, 3.8) is 0 Å². The summed E-state index contributed by atoms with van der Waals surface area (Å²) in [5.74, 6) is -0.299. The summed E-state index contributed by atoms with van der Waals surface area (Å²) in [7, 11) is -1.62. The second-order valence-corrected chi connectivity index (χ2v) is 7.88. The highest BCUT2D eigenvalue weighted by Gasteiger charge is 2.28. The van der Waals surface area contributed by atoms with Gasteiger partial charge in [-0.2, -0.15) is 0 Å². The van der Waals surface area contributed by atoms with E-state index in [2.05, 4.69) is 4.74 Å². The van der Waals surface area contributed by atoms with Gasteiger partial charge in [-0.3, -0.25) is 0 Å². The lowest BCUT2D eigenvalue weighted by atomic mass is 10.4. The van der Waals surface area contributed by atoms with Crippen LogP contribution in [-0.4, -0.2) is 20.4 Å². The average Bonchev–Trinajstić information content (AvgIpc) is 2.12. The largest absolute Gasteiger partial charge is 0.433 e. The fraction of sp³-hybridized carbons (Fsp3) is 0.571. The molecule has 0 bridgehead atoms. The van der Waals surface area contributed by atoms with Crippen LogP contribution in [0.25, 0.3) is 0 Å². The second-order valence-electron chi connectivity index (χ2n) is 3.42. The molecule has 3 nitrogen and oxygen atoms in total.